The van der Waals surface area contributed by atoms with E-state index < -0.39 is 66.2 Å². The molecule has 1 aromatic carbocycles. The Kier molecular flexibility index (Phi) is 13.4. The summed E-state index contributed by atoms with van der Waals surface area (Å²) in [6.45, 7) is 10.6. The van der Waals surface area contributed by atoms with E-state index in [-0.39, 0.29) is 23.8 Å². The molecular weight excluding hydrogens is 572 g/mol. The van der Waals surface area contributed by atoms with Crippen molar-refractivity contribution >= 4 is 29.5 Å². The van der Waals surface area contributed by atoms with Gasteiger partial charge in [-0.05, 0) is 44.9 Å². The molecule has 2 aliphatic rings. The second-order valence-corrected chi connectivity index (χ2v) is 11.6. The third-order valence-electron chi connectivity index (χ3n) is 7.40. The van der Waals surface area contributed by atoms with Gasteiger partial charge in [0, 0.05) is 19.6 Å². The first-order valence-corrected chi connectivity index (χ1v) is 15.1. The van der Waals surface area contributed by atoms with E-state index in [2.05, 4.69) is 31.5 Å². The van der Waals surface area contributed by atoms with Crippen molar-refractivity contribution in [2.75, 3.05) is 46.0 Å². The second-order valence-electron chi connectivity index (χ2n) is 11.6. The van der Waals surface area contributed by atoms with Crippen molar-refractivity contribution in [1.82, 2.24) is 31.5 Å². The molecule has 14 heteroatoms. The number of aliphatic hydroxyl groups is 1. The summed E-state index contributed by atoms with van der Waals surface area (Å²) in [5, 5.41) is 23.7. The molecule has 0 saturated carbocycles. The van der Waals surface area contributed by atoms with Crippen molar-refractivity contribution in [1.29, 1.82) is 0 Å². The van der Waals surface area contributed by atoms with Crippen LogP contribution in [0.5, 0.6) is 5.75 Å². The number of fused-ring (bicyclic) bond motifs is 1. The maximum atomic E-state index is 13.4. The van der Waals surface area contributed by atoms with Crippen LogP contribution < -0.4 is 31.3 Å². The molecule has 6 N–H and O–H groups in total. The number of hydrogen-bond donors (Lipinski definition) is 6. The first kappa shape index (κ1) is 34.7. The maximum Gasteiger partial charge on any atom is 0.255 e. The number of para-hydroxylation sites is 1. The number of nitrogens with one attached hydrogen (secondary N) is 5. The standard InChI is InChI=1S/C30H46N6O8/c1-18(2)25-29(41)32-19(3)17-44-23-9-6-5-8-21(23)27(39)33-22(16-24(38)34-26(20(4)37)30(42)35-25)28(40)31-10-7-11-36-12-14-43-15-13-36/h5-6,8-9,18-20,22,25-26,37H,7,10-17H2,1-4H3,(H,31,40)(H,32,41)(H,33,39)(H,34,38)(H,35,42)/t19-,20+,22-,25+,26-/m0/s1. The van der Waals surface area contributed by atoms with Crippen molar-refractivity contribution in [2.24, 2.45) is 5.92 Å². The van der Waals surface area contributed by atoms with Crippen LogP contribution in [0.4, 0.5) is 0 Å². The Morgan fingerprint density at radius 2 is 1.68 bits per heavy atom. The normalized spacial score (nSPS) is 25.3. The Morgan fingerprint density at radius 1 is 1.00 bits per heavy atom. The van der Waals surface area contributed by atoms with Crippen molar-refractivity contribution in [3.05, 3.63) is 29.8 Å². The second kappa shape index (κ2) is 16.9. The van der Waals surface area contributed by atoms with E-state index in [0.717, 1.165) is 19.6 Å². The highest BCUT2D eigenvalue weighted by molar-refractivity contribution is 6.01. The number of nitrogens with zero attached hydrogens (tertiary/aromatic N) is 1. The average molecular weight is 619 g/mol. The molecule has 0 aliphatic carbocycles. The highest BCUT2D eigenvalue weighted by atomic mass is 16.5. The zero-order valence-corrected chi connectivity index (χ0v) is 25.9. The molecular formula is C30H46N6O8. The highest BCUT2D eigenvalue weighted by Crippen LogP contribution is 2.19. The minimum absolute atomic E-state index is 0.0121. The van der Waals surface area contributed by atoms with Gasteiger partial charge in [0.05, 0.1) is 37.3 Å². The predicted molar refractivity (Wildman–Crippen MR) is 161 cm³/mol. The smallest absolute Gasteiger partial charge is 0.255 e. The van der Waals surface area contributed by atoms with Crippen molar-refractivity contribution in [3.63, 3.8) is 0 Å². The Bertz CT molecular complexity index is 1160. The third-order valence-corrected chi connectivity index (χ3v) is 7.40. The van der Waals surface area contributed by atoms with E-state index in [0.29, 0.717) is 26.2 Å². The van der Waals surface area contributed by atoms with E-state index >= 15 is 0 Å². The molecule has 0 spiro atoms. The lowest BCUT2D eigenvalue weighted by molar-refractivity contribution is -0.135. The van der Waals surface area contributed by atoms with Gasteiger partial charge >= 0.3 is 0 Å². The number of morpholine rings is 1. The van der Waals surface area contributed by atoms with Crippen LogP contribution in [0.3, 0.4) is 0 Å². The Labute approximate surface area is 258 Å². The molecule has 1 saturated heterocycles. The monoisotopic (exact) mass is 618 g/mol. The summed E-state index contributed by atoms with van der Waals surface area (Å²) >= 11 is 0. The molecule has 0 radical (unpaired) electrons. The van der Waals surface area contributed by atoms with Crippen LogP contribution in [0.15, 0.2) is 24.3 Å². The van der Waals surface area contributed by atoms with Gasteiger partial charge in [0.25, 0.3) is 5.91 Å². The van der Waals surface area contributed by atoms with Crippen LogP contribution in [0, 0.1) is 5.92 Å². The van der Waals surface area contributed by atoms with Gasteiger partial charge in [-0.3, -0.25) is 28.9 Å². The quantitative estimate of drug-likeness (QED) is 0.207. The summed E-state index contributed by atoms with van der Waals surface area (Å²) in [6.07, 6.45) is -1.18. The fourth-order valence-electron chi connectivity index (χ4n) is 4.88. The van der Waals surface area contributed by atoms with Crippen LogP contribution in [-0.2, 0) is 23.9 Å². The molecule has 0 unspecified atom stereocenters. The lowest BCUT2D eigenvalue weighted by atomic mass is 10.0. The van der Waals surface area contributed by atoms with E-state index in [1.54, 1.807) is 39.0 Å². The molecule has 1 aromatic rings. The topological polar surface area (TPSA) is 187 Å². The zero-order valence-electron chi connectivity index (χ0n) is 25.9. The first-order valence-electron chi connectivity index (χ1n) is 15.1. The largest absolute Gasteiger partial charge is 0.491 e. The van der Waals surface area contributed by atoms with Gasteiger partial charge in [-0.25, -0.2) is 0 Å². The van der Waals surface area contributed by atoms with E-state index in [9.17, 15) is 29.1 Å². The summed E-state index contributed by atoms with van der Waals surface area (Å²) in [5.74, 6) is -3.31. The molecule has 244 valence electrons. The highest BCUT2D eigenvalue weighted by Gasteiger charge is 2.33. The summed E-state index contributed by atoms with van der Waals surface area (Å²) in [5.41, 5.74) is 0.139. The number of ether oxygens (including phenoxy) is 2. The number of carbonyl (C=O) groups excluding carboxylic acids is 5. The summed E-state index contributed by atoms with van der Waals surface area (Å²) in [7, 11) is 0. The fourth-order valence-corrected chi connectivity index (χ4v) is 4.88. The minimum atomic E-state index is -1.42. The molecule has 5 amide bonds. The van der Waals surface area contributed by atoms with Gasteiger partial charge in [0.15, 0.2) is 0 Å². The summed E-state index contributed by atoms with van der Waals surface area (Å²) in [6, 6.07) is 2.27. The number of aliphatic hydroxyl groups excluding tert-OH is 1. The number of benzene rings is 1. The van der Waals surface area contributed by atoms with E-state index in [1.165, 1.54) is 13.0 Å². The van der Waals surface area contributed by atoms with E-state index in [4.69, 9.17) is 9.47 Å². The van der Waals surface area contributed by atoms with Crippen LogP contribution in [-0.4, -0.2) is 116 Å². The van der Waals surface area contributed by atoms with Crippen molar-refractivity contribution in [2.45, 2.75) is 70.8 Å². The van der Waals surface area contributed by atoms with Crippen molar-refractivity contribution in [3.8, 4) is 5.75 Å². The van der Waals surface area contributed by atoms with Gasteiger partial charge in [-0.15, -0.1) is 0 Å². The van der Waals surface area contributed by atoms with Gasteiger partial charge < -0.3 is 41.2 Å². The molecule has 2 heterocycles. The molecule has 0 bridgehead atoms. The summed E-state index contributed by atoms with van der Waals surface area (Å²) < 4.78 is 11.2. The molecule has 2 aliphatic heterocycles. The predicted octanol–water partition coefficient (Wildman–Crippen LogP) is -1.08. The molecule has 1 fully saturated rings. The first-order chi connectivity index (χ1) is 21.0. The molecule has 14 nitrogen and oxygen atoms in total. The fraction of sp³-hybridized carbons (Fsp3) is 0.633. The minimum Gasteiger partial charge on any atom is -0.491 e. The van der Waals surface area contributed by atoms with E-state index in [1.807, 2.05) is 0 Å². The van der Waals surface area contributed by atoms with Gasteiger partial charge in [-0.2, -0.15) is 0 Å². The van der Waals surface area contributed by atoms with Gasteiger partial charge in [-0.1, -0.05) is 26.0 Å². The van der Waals surface area contributed by atoms with Crippen LogP contribution in [0.25, 0.3) is 0 Å². The SMILES string of the molecule is CC(C)[C@H]1NC(=O)[C@H]([C@@H](C)O)NC(=O)C[C@@H](C(=O)NCCCN2CCOCC2)NC(=O)c2ccccc2OC[C@H](C)NC1=O. The Hall–Kier alpha value is -3.75. The third kappa shape index (κ3) is 10.5. The molecule has 5 atom stereocenters. The number of rotatable bonds is 7. The molecule has 44 heavy (non-hydrogen) atoms. The van der Waals surface area contributed by atoms with Gasteiger partial charge in [0.1, 0.15) is 30.5 Å². The van der Waals surface area contributed by atoms with Crippen molar-refractivity contribution < 1.29 is 38.6 Å². The summed E-state index contributed by atoms with van der Waals surface area (Å²) in [4.78, 5) is 68.3. The molecule has 3 rings (SSSR count). The van der Waals surface area contributed by atoms with Crippen LogP contribution in [0.1, 0.15) is 50.9 Å². The number of hydrogen-bond acceptors (Lipinski definition) is 9. The lowest BCUT2D eigenvalue weighted by Crippen LogP contribution is -2.59. The lowest BCUT2D eigenvalue weighted by Gasteiger charge is -2.28. The van der Waals surface area contributed by atoms with Crippen LogP contribution in [0.2, 0.25) is 0 Å². The van der Waals surface area contributed by atoms with Crippen LogP contribution >= 0.6 is 0 Å². The number of carbonyl (C=O) groups is 5. The van der Waals surface area contributed by atoms with Gasteiger partial charge in [0.2, 0.25) is 23.6 Å². The maximum absolute atomic E-state index is 13.4. The Morgan fingerprint density at radius 3 is 2.36 bits per heavy atom. The Balaban J connectivity index is 1.83. The zero-order chi connectivity index (χ0) is 32.2. The number of amides is 5. The molecule has 0 aromatic heterocycles. The average Bonchev–Trinajstić information content (AvgIpc) is 2.99.